The van der Waals surface area contributed by atoms with Gasteiger partial charge in [0, 0.05) is 13.1 Å². The monoisotopic (exact) mass is 249 g/mol. The molecule has 3 rings (SSSR count). The summed E-state index contributed by atoms with van der Waals surface area (Å²) in [5.74, 6) is 1.16. The van der Waals surface area contributed by atoms with Gasteiger partial charge in [-0.25, -0.2) is 0 Å². The van der Waals surface area contributed by atoms with E-state index in [1.807, 2.05) is 18.2 Å². The van der Waals surface area contributed by atoms with E-state index in [0.29, 0.717) is 31.0 Å². The van der Waals surface area contributed by atoms with Crippen molar-refractivity contribution in [3.05, 3.63) is 24.3 Å². The van der Waals surface area contributed by atoms with Gasteiger partial charge >= 0.3 is 0 Å². The lowest BCUT2D eigenvalue weighted by Crippen LogP contribution is -2.45. The Kier molecular flexibility index (Phi) is 2.83. The van der Waals surface area contributed by atoms with Gasteiger partial charge in [0.1, 0.15) is 6.61 Å². The lowest BCUT2D eigenvalue weighted by atomic mass is 10.2. The molecule has 0 radical (unpaired) electrons. The molecule has 0 aromatic heterocycles. The van der Waals surface area contributed by atoms with Crippen LogP contribution in [0.3, 0.4) is 0 Å². The number of para-hydroxylation sites is 2. The highest BCUT2D eigenvalue weighted by molar-refractivity contribution is 5.82. The fourth-order valence-corrected chi connectivity index (χ4v) is 2.29. The summed E-state index contributed by atoms with van der Waals surface area (Å²) in [6, 6.07) is 7.30. The number of amides is 1. The van der Waals surface area contributed by atoms with E-state index in [1.165, 1.54) is 0 Å². The summed E-state index contributed by atoms with van der Waals surface area (Å²) in [5, 5.41) is 9.44. The van der Waals surface area contributed by atoms with Gasteiger partial charge in [-0.2, -0.15) is 0 Å². The molecule has 2 heterocycles. The van der Waals surface area contributed by atoms with Gasteiger partial charge in [-0.15, -0.1) is 0 Å². The third-order valence-corrected chi connectivity index (χ3v) is 3.26. The molecule has 1 aromatic carbocycles. The average Bonchev–Trinajstić information content (AvgIpc) is 2.84. The molecule has 0 spiro atoms. The first-order chi connectivity index (χ1) is 8.74. The number of carbonyl (C=O) groups excluding carboxylic acids is 1. The van der Waals surface area contributed by atoms with Crippen LogP contribution in [0.5, 0.6) is 11.5 Å². The van der Waals surface area contributed by atoms with Gasteiger partial charge in [0.05, 0.1) is 6.10 Å². The maximum absolute atomic E-state index is 12.2. The molecule has 18 heavy (non-hydrogen) atoms. The van der Waals surface area contributed by atoms with Gasteiger partial charge in [-0.05, 0) is 18.6 Å². The van der Waals surface area contributed by atoms with Gasteiger partial charge in [0.2, 0.25) is 6.10 Å². The van der Waals surface area contributed by atoms with Crippen LogP contribution in [0.1, 0.15) is 6.42 Å². The Bertz CT molecular complexity index is 462. The molecule has 0 bridgehead atoms. The van der Waals surface area contributed by atoms with Gasteiger partial charge in [0.15, 0.2) is 11.5 Å². The van der Waals surface area contributed by atoms with Crippen molar-refractivity contribution in [2.24, 2.45) is 0 Å². The van der Waals surface area contributed by atoms with E-state index >= 15 is 0 Å². The molecule has 0 aliphatic carbocycles. The zero-order valence-corrected chi connectivity index (χ0v) is 9.91. The molecule has 5 heteroatoms. The van der Waals surface area contributed by atoms with Gasteiger partial charge < -0.3 is 19.5 Å². The maximum Gasteiger partial charge on any atom is 0.267 e. The van der Waals surface area contributed by atoms with E-state index < -0.39 is 12.2 Å². The first-order valence-corrected chi connectivity index (χ1v) is 6.09. The lowest BCUT2D eigenvalue weighted by Gasteiger charge is -2.28. The summed E-state index contributed by atoms with van der Waals surface area (Å²) in [7, 11) is 0. The van der Waals surface area contributed by atoms with Crippen LogP contribution in [-0.4, -0.2) is 47.8 Å². The second-order valence-electron chi connectivity index (χ2n) is 4.59. The van der Waals surface area contributed by atoms with E-state index in [-0.39, 0.29) is 12.5 Å². The Morgan fingerprint density at radius 2 is 2.11 bits per heavy atom. The average molecular weight is 249 g/mol. The van der Waals surface area contributed by atoms with Crippen LogP contribution in [0.4, 0.5) is 0 Å². The molecule has 2 aliphatic heterocycles. The van der Waals surface area contributed by atoms with E-state index in [1.54, 1.807) is 11.0 Å². The number of benzene rings is 1. The van der Waals surface area contributed by atoms with Crippen LogP contribution in [0, 0.1) is 0 Å². The van der Waals surface area contributed by atoms with Crippen molar-refractivity contribution in [1.29, 1.82) is 0 Å². The molecule has 96 valence electrons. The van der Waals surface area contributed by atoms with Crippen LogP contribution < -0.4 is 9.47 Å². The van der Waals surface area contributed by atoms with Crippen LogP contribution >= 0.6 is 0 Å². The minimum Gasteiger partial charge on any atom is -0.485 e. The number of fused-ring (bicyclic) bond motifs is 1. The molecule has 1 saturated heterocycles. The van der Waals surface area contributed by atoms with Gasteiger partial charge in [-0.1, -0.05) is 12.1 Å². The van der Waals surface area contributed by atoms with Crippen molar-refractivity contribution in [1.82, 2.24) is 4.90 Å². The van der Waals surface area contributed by atoms with Crippen molar-refractivity contribution in [3.8, 4) is 11.5 Å². The highest BCUT2D eigenvalue weighted by Crippen LogP contribution is 2.31. The second kappa shape index (κ2) is 4.49. The number of likely N-dealkylation sites (tertiary alicyclic amines) is 1. The van der Waals surface area contributed by atoms with Gasteiger partial charge in [-0.3, -0.25) is 4.79 Å². The van der Waals surface area contributed by atoms with Crippen molar-refractivity contribution < 1.29 is 19.4 Å². The fraction of sp³-hybridized carbons (Fsp3) is 0.462. The zero-order valence-electron chi connectivity index (χ0n) is 9.91. The number of rotatable bonds is 1. The van der Waals surface area contributed by atoms with E-state index in [9.17, 15) is 9.90 Å². The number of nitrogens with zero attached hydrogens (tertiary/aromatic N) is 1. The van der Waals surface area contributed by atoms with E-state index in [2.05, 4.69) is 0 Å². The predicted octanol–water partition coefficient (Wildman–Crippen LogP) is 0.420. The standard InChI is InChI=1S/C13H15NO4/c15-9-5-6-14(7-9)13(16)12-8-17-10-3-1-2-4-11(10)18-12/h1-4,9,12,15H,5-8H2/t9-,12+/m1/s1. The molecular weight excluding hydrogens is 234 g/mol. The third kappa shape index (κ3) is 2.01. The Balaban J connectivity index is 1.70. The molecule has 1 N–H and O–H groups in total. The largest absolute Gasteiger partial charge is 0.485 e. The first kappa shape index (κ1) is 11.3. The number of ether oxygens (including phenoxy) is 2. The second-order valence-corrected chi connectivity index (χ2v) is 4.59. The molecular formula is C13H15NO4. The lowest BCUT2D eigenvalue weighted by molar-refractivity contribution is -0.140. The molecule has 1 fully saturated rings. The maximum atomic E-state index is 12.2. The normalized spacial score (nSPS) is 26.2. The Morgan fingerprint density at radius 3 is 2.83 bits per heavy atom. The minimum atomic E-state index is -0.606. The van der Waals surface area contributed by atoms with Crippen molar-refractivity contribution in [3.63, 3.8) is 0 Å². The summed E-state index contributed by atoms with van der Waals surface area (Å²) in [4.78, 5) is 13.8. The fourth-order valence-electron chi connectivity index (χ4n) is 2.29. The summed E-state index contributed by atoms with van der Waals surface area (Å²) in [6.45, 7) is 1.20. The number of hydrogen-bond acceptors (Lipinski definition) is 4. The van der Waals surface area contributed by atoms with E-state index in [4.69, 9.17) is 9.47 Å². The van der Waals surface area contributed by atoms with Crippen molar-refractivity contribution >= 4 is 5.91 Å². The number of carbonyl (C=O) groups is 1. The number of β-amino-alcohol motifs (C(OH)–C–C–N with tert-alkyl or cyclic N) is 1. The molecule has 1 amide bonds. The predicted molar refractivity (Wildman–Crippen MR) is 63.6 cm³/mol. The van der Waals surface area contributed by atoms with Crippen molar-refractivity contribution in [2.45, 2.75) is 18.6 Å². The zero-order chi connectivity index (χ0) is 12.5. The molecule has 1 aromatic rings. The molecule has 2 aliphatic rings. The molecule has 0 unspecified atom stereocenters. The summed E-state index contributed by atoms with van der Waals surface area (Å²) in [6.07, 6.45) is -0.383. The summed E-state index contributed by atoms with van der Waals surface area (Å²) >= 11 is 0. The molecule has 2 atom stereocenters. The highest BCUT2D eigenvalue weighted by atomic mass is 16.6. The van der Waals surface area contributed by atoms with Crippen LogP contribution in [0.25, 0.3) is 0 Å². The van der Waals surface area contributed by atoms with Crippen LogP contribution in [0.15, 0.2) is 24.3 Å². The highest BCUT2D eigenvalue weighted by Gasteiger charge is 2.34. The Hall–Kier alpha value is -1.75. The van der Waals surface area contributed by atoms with Crippen LogP contribution in [0.2, 0.25) is 0 Å². The first-order valence-electron chi connectivity index (χ1n) is 6.09. The van der Waals surface area contributed by atoms with Crippen LogP contribution in [-0.2, 0) is 4.79 Å². The van der Waals surface area contributed by atoms with Gasteiger partial charge in [0.25, 0.3) is 5.91 Å². The molecule has 5 nitrogen and oxygen atoms in total. The Labute approximate surface area is 105 Å². The van der Waals surface area contributed by atoms with E-state index in [0.717, 1.165) is 0 Å². The summed E-state index contributed by atoms with van der Waals surface area (Å²) in [5.41, 5.74) is 0. The number of aliphatic hydroxyl groups is 1. The smallest absolute Gasteiger partial charge is 0.267 e. The topological polar surface area (TPSA) is 59.0 Å². The number of aliphatic hydroxyl groups excluding tert-OH is 1. The Morgan fingerprint density at radius 1 is 1.33 bits per heavy atom. The third-order valence-electron chi connectivity index (χ3n) is 3.26. The van der Waals surface area contributed by atoms with Crippen molar-refractivity contribution in [2.75, 3.05) is 19.7 Å². The molecule has 0 saturated carbocycles. The quantitative estimate of drug-likeness (QED) is 0.783. The summed E-state index contributed by atoms with van der Waals surface area (Å²) < 4.78 is 11.2. The number of hydrogen-bond donors (Lipinski definition) is 1. The SMILES string of the molecule is O=C([C@@H]1COc2ccccc2O1)N1CC[C@@H](O)C1. The minimum absolute atomic E-state index is 0.110.